The third-order valence-corrected chi connectivity index (χ3v) is 22.2. The second-order valence-electron chi connectivity index (χ2n) is 34.7. The Morgan fingerprint density at radius 2 is 0.832 bits per heavy atom. The van der Waals surface area contributed by atoms with Crippen molar-refractivity contribution in [2.24, 2.45) is 46.8 Å². The van der Waals surface area contributed by atoms with Gasteiger partial charge in [-0.05, 0) is 119 Å². The van der Waals surface area contributed by atoms with Gasteiger partial charge in [-0.3, -0.25) is 57.5 Å². The predicted octanol–water partition coefficient (Wildman–Crippen LogP) is 6.13. The van der Waals surface area contributed by atoms with E-state index >= 15 is 43.2 Å². The van der Waals surface area contributed by atoms with E-state index in [-0.39, 0.29) is 126 Å². The zero-order chi connectivity index (χ0) is 80.5. The lowest BCUT2D eigenvalue weighted by Gasteiger charge is -2.39. The molecule has 0 unspecified atom stereocenters. The van der Waals surface area contributed by atoms with Gasteiger partial charge in [-0.15, -0.1) is 0 Å². The maximum Gasteiger partial charge on any atom is 0.248 e. The fourth-order valence-corrected chi connectivity index (χ4v) is 15.4. The molecule has 2 saturated carbocycles. The Kier molecular flexibility index (Phi) is 38.5. The number of ether oxygens (including phenoxy) is 1. The van der Waals surface area contributed by atoms with Crippen molar-refractivity contribution >= 4 is 70.9 Å². The van der Waals surface area contributed by atoms with E-state index < -0.39 is 149 Å². The standard InChI is InChI=1S/C80H142N12O15/c1-50(2)39-58-74(101)87(16)63(42-53(7)8)73(100)84-69(55(11)94)79(106)91(20)65(43-54(9)10)77(104)88(17)62(41-52(5)6)71(98)82-59(76(103)92-37-28-23-29-38-92)46-68(96)85(14)36-30-35-67(95)86(15)61(40-51(3)4)70(97)83-60(47-107-49-80(12,13)48-93)75(102)90(19)66(45-57-33-26-22-27-34-57)78(105)89(18)64(72(99)81-58)44-56-31-24-21-25-32-56/h50-66,69,93-94H,21-49H2,1-20H3,(H,81,99)(H,82,98)(H,83,97)(H,84,100)/t55-,58+,59+,60+,61+,62+,63+,64+,65+,66+,69+/m1/s1. The van der Waals surface area contributed by atoms with E-state index in [1.54, 1.807) is 25.8 Å². The summed E-state index contributed by atoms with van der Waals surface area (Å²) in [4.78, 5) is 192. The number of carbonyl (C=O) groups is 12. The number of carbonyl (C=O) groups excluding carboxylic acids is 12. The first kappa shape index (κ1) is 92.9. The first-order chi connectivity index (χ1) is 50.1. The molecule has 2 aliphatic carbocycles. The summed E-state index contributed by atoms with van der Waals surface area (Å²) in [6.45, 7) is 23.8. The van der Waals surface area contributed by atoms with Crippen LogP contribution in [0.15, 0.2) is 0 Å². The van der Waals surface area contributed by atoms with E-state index in [2.05, 4.69) is 21.3 Å². The monoisotopic (exact) mass is 1510 g/mol. The lowest BCUT2D eigenvalue weighted by Crippen LogP contribution is -2.63. The van der Waals surface area contributed by atoms with Crippen LogP contribution < -0.4 is 21.3 Å². The summed E-state index contributed by atoms with van der Waals surface area (Å²) in [5.41, 5.74) is -0.757. The van der Waals surface area contributed by atoms with E-state index in [4.69, 9.17) is 4.74 Å². The fraction of sp³-hybridized carbons (Fsp3) is 0.850. The van der Waals surface area contributed by atoms with Crippen molar-refractivity contribution in [1.82, 2.24) is 60.5 Å². The molecule has 2 saturated heterocycles. The highest BCUT2D eigenvalue weighted by Gasteiger charge is 2.45. The van der Waals surface area contributed by atoms with Crippen molar-refractivity contribution in [2.45, 2.75) is 304 Å². The molecule has 2 heterocycles. The summed E-state index contributed by atoms with van der Waals surface area (Å²) in [7, 11) is 10.4. The quantitative estimate of drug-likeness (QED) is 0.0753. The van der Waals surface area contributed by atoms with Gasteiger partial charge in [0.05, 0.1) is 32.3 Å². The molecule has 0 aromatic heterocycles. The van der Waals surface area contributed by atoms with Crippen molar-refractivity contribution < 1.29 is 72.5 Å². The largest absolute Gasteiger partial charge is 0.396 e. The Morgan fingerprint density at radius 3 is 1.33 bits per heavy atom. The van der Waals surface area contributed by atoms with Crippen LogP contribution in [0, 0.1) is 46.8 Å². The summed E-state index contributed by atoms with van der Waals surface area (Å²) in [5.74, 6) is -8.46. The summed E-state index contributed by atoms with van der Waals surface area (Å²) in [5, 5.41) is 33.4. The number of aliphatic hydroxyl groups excluding tert-OH is 2. The van der Waals surface area contributed by atoms with Crippen molar-refractivity contribution in [3.05, 3.63) is 0 Å². The second kappa shape index (κ2) is 44.4. The van der Waals surface area contributed by atoms with E-state index in [0.717, 1.165) is 75.5 Å². The smallest absolute Gasteiger partial charge is 0.248 e. The van der Waals surface area contributed by atoms with E-state index in [1.807, 2.05) is 69.2 Å². The zero-order valence-corrected chi connectivity index (χ0v) is 69.2. The normalized spacial score (nSPS) is 26.8. The van der Waals surface area contributed by atoms with Crippen molar-refractivity contribution in [3.8, 4) is 0 Å². The van der Waals surface area contributed by atoms with Crippen LogP contribution >= 0.6 is 0 Å². The topological polar surface area (TPSA) is 329 Å². The molecule has 6 N–H and O–H groups in total. The molecule has 27 heteroatoms. The van der Waals surface area contributed by atoms with Gasteiger partial charge < -0.3 is 75.4 Å². The molecule has 27 nitrogen and oxygen atoms in total. The zero-order valence-electron chi connectivity index (χ0n) is 69.2. The third kappa shape index (κ3) is 28.7. The fourth-order valence-electron chi connectivity index (χ4n) is 15.4. The molecule has 0 radical (unpaired) electrons. The minimum Gasteiger partial charge on any atom is -0.396 e. The summed E-state index contributed by atoms with van der Waals surface area (Å²) >= 11 is 0. The van der Waals surface area contributed by atoms with Gasteiger partial charge in [-0.1, -0.05) is 147 Å². The Hall–Kier alpha value is -6.48. The average Bonchev–Trinajstić information content (AvgIpc) is 0.813. The molecular formula is C80H142N12O15. The number of aliphatic hydroxyl groups is 2. The van der Waals surface area contributed by atoms with Gasteiger partial charge in [0.2, 0.25) is 70.9 Å². The maximum absolute atomic E-state index is 15.9. The number of likely N-dealkylation sites (N-methyl/N-ethyl adjacent to an activating group) is 6. The SMILES string of the molecule is CC(C)C[C@@H]1NC(=O)[C@H](CC2CCCCC2)N(C)C(=O)[C@H](CC2CCCCC2)N(C)C(=O)[C@H](COCC(C)(C)CO)NC(=O)[C@H](CC(C)C)N(C)C(=O)CCCN(C)C(=O)C[C@@H](C(=O)N2CCCCC2)NC(=O)[C@H](CC(C)C)N(C)C(=O)[C@H](CC(C)C)N(C)C(=O)[C@H]([C@@H](C)O)NC(=O)[C@H](CC(C)C)N(C)C1=O. The Labute approximate surface area is 640 Å². The lowest BCUT2D eigenvalue weighted by atomic mass is 9.83. The molecule has 612 valence electrons. The van der Waals surface area contributed by atoms with Crippen molar-refractivity contribution in [1.29, 1.82) is 0 Å². The van der Waals surface area contributed by atoms with Gasteiger partial charge >= 0.3 is 0 Å². The first-order valence-electron chi connectivity index (χ1n) is 40.3. The van der Waals surface area contributed by atoms with Crippen molar-refractivity contribution in [3.63, 3.8) is 0 Å². The van der Waals surface area contributed by atoms with E-state index in [9.17, 15) is 24.6 Å². The maximum atomic E-state index is 15.9. The highest BCUT2D eigenvalue weighted by molar-refractivity contribution is 6.00. The molecular weight excluding hydrogens is 1370 g/mol. The highest BCUT2D eigenvalue weighted by atomic mass is 16.5. The Balaban J connectivity index is 1.98. The number of hydrogen-bond acceptors (Lipinski definition) is 15. The number of nitrogens with zero attached hydrogens (tertiary/aromatic N) is 8. The Bertz CT molecular complexity index is 2910. The molecule has 4 aliphatic rings. The van der Waals surface area contributed by atoms with Crippen LogP contribution in [0.3, 0.4) is 0 Å². The molecule has 0 aromatic rings. The van der Waals surface area contributed by atoms with Crippen LogP contribution in [-0.4, -0.2) is 276 Å². The number of amides is 12. The predicted molar refractivity (Wildman–Crippen MR) is 412 cm³/mol. The first-order valence-corrected chi connectivity index (χ1v) is 40.3. The van der Waals surface area contributed by atoms with Gasteiger partial charge in [-0.2, -0.15) is 0 Å². The van der Waals surface area contributed by atoms with Gasteiger partial charge in [0.1, 0.15) is 60.4 Å². The number of rotatable bonds is 21. The number of hydrogen-bond donors (Lipinski definition) is 6. The average molecular weight is 1510 g/mol. The molecule has 11 atom stereocenters. The minimum atomic E-state index is -1.66. The molecule has 4 rings (SSSR count). The minimum absolute atomic E-state index is 0.00725. The lowest BCUT2D eigenvalue weighted by molar-refractivity contribution is -0.152. The van der Waals surface area contributed by atoms with Gasteiger partial charge in [0.25, 0.3) is 0 Å². The Morgan fingerprint density at radius 1 is 0.439 bits per heavy atom. The molecule has 0 aromatic carbocycles. The van der Waals surface area contributed by atoms with E-state index in [1.165, 1.54) is 78.6 Å². The molecule has 0 spiro atoms. The second-order valence-corrected chi connectivity index (χ2v) is 34.7. The summed E-state index contributed by atoms with van der Waals surface area (Å²) < 4.78 is 6.19. The number of likely N-dealkylation sites (tertiary alicyclic amines) is 1. The number of nitrogens with one attached hydrogen (secondary N) is 4. The highest BCUT2D eigenvalue weighted by Crippen LogP contribution is 2.33. The summed E-state index contributed by atoms with van der Waals surface area (Å²) in [6.07, 6.45) is 10.1. The van der Waals surface area contributed by atoms with Crippen LogP contribution in [0.1, 0.15) is 238 Å². The van der Waals surface area contributed by atoms with Gasteiger partial charge in [0.15, 0.2) is 0 Å². The van der Waals surface area contributed by atoms with Crippen LogP contribution in [-0.2, 0) is 62.3 Å². The van der Waals surface area contributed by atoms with Crippen LogP contribution in [0.25, 0.3) is 0 Å². The molecule has 0 bridgehead atoms. The molecule has 107 heavy (non-hydrogen) atoms. The molecule has 2 aliphatic heterocycles. The van der Waals surface area contributed by atoms with Gasteiger partial charge in [-0.25, -0.2) is 0 Å². The third-order valence-electron chi connectivity index (χ3n) is 22.2. The number of piperidine rings is 1. The summed E-state index contributed by atoms with van der Waals surface area (Å²) in [6, 6.07) is -12.9. The van der Waals surface area contributed by atoms with Crippen LogP contribution in [0.2, 0.25) is 0 Å². The molecule has 12 amide bonds. The van der Waals surface area contributed by atoms with Crippen LogP contribution in [0.4, 0.5) is 0 Å². The molecule has 4 fully saturated rings. The van der Waals surface area contributed by atoms with Crippen LogP contribution in [0.5, 0.6) is 0 Å². The van der Waals surface area contributed by atoms with Gasteiger partial charge in [0, 0.05) is 80.8 Å². The van der Waals surface area contributed by atoms with E-state index in [0.29, 0.717) is 25.9 Å². The van der Waals surface area contributed by atoms with Crippen molar-refractivity contribution in [2.75, 3.05) is 88.8 Å².